The minimum absolute atomic E-state index is 0.373. The van der Waals surface area contributed by atoms with Crippen molar-refractivity contribution in [3.8, 4) is 0 Å². The van der Waals surface area contributed by atoms with Gasteiger partial charge in [0, 0.05) is 5.02 Å². The van der Waals surface area contributed by atoms with Gasteiger partial charge in [0.25, 0.3) is 0 Å². The van der Waals surface area contributed by atoms with Gasteiger partial charge < -0.3 is 5.11 Å². The summed E-state index contributed by atoms with van der Waals surface area (Å²) in [4.78, 5) is 0. The second-order valence-corrected chi connectivity index (χ2v) is 4.83. The summed E-state index contributed by atoms with van der Waals surface area (Å²) in [6, 6.07) is 7.46. The lowest BCUT2D eigenvalue weighted by atomic mass is 10.0. The van der Waals surface area contributed by atoms with Crippen LogP contribution in [0.3, 0.4) is 0 Å². The van der Waals surface area contributed by atoms with E-state index in [1.165, 1.54) is 0 Å². The molecule has 0 spiro atoms. The highest BCUT2D eigenvalue weighted by Gasteiger charge is 2.07. The Hall–Kier alpha value is -0.530. The first-order valence-electron chi connectivity index (χ1n) is 5.53. The van der Waals surface area contributed by atoms with Gasteiger partial charge in [-0.1, -0.05) is 50.4 Å². The normalized spacial score (nSPS) is 13.1. The Kier molecular flexibility index (Phi) is 5.13. The zero-order valence-corrected chi connectivity index (χ0v) is 10.2. The van der Waals surface area contributed by atoms with Crippen molar-refractivity contribution < 1.29 is 5.11 Å². The summed E-state index contributed by atoms with van der Waals surface area (Å²) < 4.78 is 0. The molecule has 1 atom stereocenters. The average Bonchev–Trinajstić information content (AvgIpc) is 2.17. The lowest BCUT2D eigenvalue weighted by Gasteiger charge is -2.12. The molecule has 0 heterocycles. The molecule has 1 rings (SSSR count). The minimum Gasteiger partial charge on any atom is -0.388 e. The fourth-order valence-corrected chi connectivity index (χ4v) is 1.80. The highest BCUT2D eigenvalue weighted by Crippen LogP contribution is 2.22. The number of hydrogen-bond donors (Lipinski definition) is 1. The lowest BCUT2D eigenvalue weighted by Crippen LogP contribution is -1.98. The van der Waals surface area contributed by atoms with Crippen molar-refractivity contribution >= 4 is 11.6 Å². The van der Waals surface area contributed by atoms with Gasteiger partial charge in [-0.2, -0.15) is 0 Å². The van der Waals surface area contributed by atoms with Crippen LogP contribution in [0.5, 0.6) is 0 Å². The molecule has 15 heavy (non-hydrogen) atoms. The van der Waals surface area contributed by atoms with Gasteiger partial charge >= 0.3 is 0 Å². The average molecular weight is 227 g/mol. The first-order chi connectivity index (χ1) is 7.09. The van der Waals surface area contributed by atoms with Gasteiger partial charge in [0.1, 0.15) is 0 Å². The molecule has 0 aliphatic heterocycles. The number of aliphatic hydroxyl groups is 1. The quantitative estimate of drug-likeness (QED) is 0.798. The molecule has 0 aliphatic carbocycles. The van der Waals surface area contributed by atoms with Gasteiger partial charge in [-0.25, -0.2) is 0 Å². The Labute approximate surface area is 97.1 Å². The summed E-state index contributed by atoms with van der Waals surface area (Å²) in [7, 11) is 0. The zero-order valence-electron chi connectivity index (χ0n) is 9.41. The molecule has 0 radical (unpaired) electrons. The number of aliphatic hydroxyl groups excluding tert-OH is 1. The van der Waals surface area contributed by atoms with E-state index in [2.05, 4.69) is 13.8 Å². The molecule has 1 N–H and O–H groups in total. The van der Waals surface area contributed by atoms with E-state index in [4.69, 9.17) is 11.6 Å². The third-order valence-corrected chi connectivity index (χ3v) is 2.73. The van der Waals surface area contributed by atoms with Crippen molar-refractivity contribution in [3.05, 3.63) is 34.9 Å². The Morgan fingerprint density at radius 3 is 2.60 bits per heavy atom. The summed E-state index contributed by atoms with van der Waals surface area (Å²) in [5.74, 6) is 0.705. The van der Waals surface area contributed by atoms with Crippen molar-refractivity contribution in [2.24, 2.45) is 5.92 Å². The van der Waals surface area contributed by atoms with Gasteiger partial charge in [0.15, 0.2) is 0 Å². The third kappa shape index (κ3) is 4.67. The van der Waals surface area contributed by atoms with Gasteiger partial charge in [-0.15, -0.1) is 0 Å². The Morgan fingerprint density at radius 1 is 1.27 bits per heavy atom. The van der Waals surface area contributed by atoms with Crippen molar-refractivity contribution in [1.82, 2.24) is 0 Å². The summed E-state index contributed by atoms with van der Waals surface area (Å²) >= 11 is 5.86. The van der Waals surface area contributed by atoms with E-state index < -0.39 is 0 Å². The molecule has 84 valence electrons. The van der Waals surface area contributed by atoms with Crippen molar-refractivity contribution in [2.75, 3.05) is 0 Å². The molecule has 2 heteroatoms. The molecule has 0 bridgehead atoms. The third-order valence-electron chi connectivity index (χ3n) is 2.49. The SMILES string of the molecule is CC(C)CCCC(O)c1cccc(Cl)c1. The summed E-state index contributed by atoms with van der Waals surface area (Å²) in [5.41, 5.74) is 0.922. The molecule has 1 unspecified atom stereocenters. The standard InChI is InChI=1S/C13H19ClO/c1-10(2)5-3-8-13(15)11-6-4-7-12(14)9-11/h4,6-7,9-10,13,15H,3,5,8H2,1-2H3. The van der Waals surface area contributed by atoms with Crippen LogP contribution in [-0.4, -0.2) is 5.11 Å². The zero-order chi connectivity index (χ0) is 11.3. The van der Waals surface area contributed by atoms with E-state index >= 15 is 0 Å². The Bertz CT molecular complexity index is 296. The molecule has 0 saturated carbocycles. The summed E-state index contributed by atoms with van der Waals surface area (Å²) in [6.07, 6.45) is 2.67. The van der Waals surface area contributed by atoms with Crippen molar-refractivity contribution in [1.29, 1.82) is 0 Å². The van der Waals surface area contributed by atoms with E-state index in [0.717, 1.165) is 24.8 Å². The topological polar surface area (TPSA) is 20.2 Å². The fourth-order valence-electron chi connectivity index (χ4n) is 1.60. The predicted molar refractivity (Wildman–Crippen MR) is 65.1 cm³/mol. The van der Waals surface area contributed by atoms with E-state index in [9.17, 15) is 5.11 Å². The molecule has 1 aromatic rings. The summed E-state index contributed by atoms with van der Waals surface area (Å²) in [5, 5.41) is 10.6. The number of hydrogen-bond acceptors (Lipinski definition) is 1. The Morgan fingerprint density at radius 2 is 2.00 bits per heavy atom. The van der Waals surface area contributed by atoms with Crippen LogP contribution in [0.1, 0.15) is 44.8 Å². The van der Waals surface area contributed by atoms with E-state index in [1.807, 2.05) is 24.3 Å². The van der Waals surface area contributed by atoms with Gasteiger partial charge in [0.2, 0.25) is 0 Å². The first kappa shape index (κ1) is 12.5. The van der Waals surface area contributed by atoms with Gasteiger partial charge in [-0.3, -0.25) is 0 Å². The Balaban J connectivity index is 2.43. The molecular weight excluding hydrogens is 208 g/mol. The largest absolute Gasteiger partial charge is 0.388 e. The second kappa shape index (κ2) is 6.14. The smallest absolute Gasteiger partial charge is 0.0790 e. The van der Waals surface area contributed by atoms with Gasteiger partial charge in [-0.05, 0) is 30.0 Å². The first-order valence-corrected chi connectivity index (χ1v) is 5.91. The van der Waals surface area contributed by atoms with Crippen LogP contribution >= 0.6 is 11.6 Å². The number of halogens is 1. The lowest BCUT2D eigenvalue weighted by molar-refractivity contribution is 0.162. The maximum absolute atomic E-state index is 9.90. The molecule has 0 fully saturated rings. The van der Waals surface area contributed by atoms with Crippen LogP contribution in [0.25, 0.3) is 0 Å². The fraction of sp³-hybridized carbons (Fsp3) is 0.538. The van der Waals surface area contributed by atoms with Crippen LogP contribution in [0.2, 0.25) is 5.02 Å². The highest BCUT2D eigenvalue weighted by molar-refractivity contribution is 6.30. The monoisotopic (exact) mass is 226 g/mol. The van der Waals surface area contributed by atoms with Crippen LogP contribution in [0.15, 0.2) is 24.3 Å². The molecule has 1 nitrogen and oxygen atoms in total. The predicted octanol–water partition coefficient (Wildman–Crippen LogP) is 4.20. The molecule has 0 amide bonds. The molecular formula is C13H19ClO. The van der Waals surface area contributed by atoms with Gasteiger partial charge in [0.05, 0.1) is 6.10 Å². The minimum atomic E-state index is -0.373. The van der Waals surface area contributed by atoms with Crippen LogP contribution in [-0.2, 0) is 0 Å². The van der Waals surface area contributed by atoms with E-state index in [1.54, 1.807) is 0 Å². The second-order valence-electron chi connectivity index (χ2n) is 4.40. The van der Waals surface area contributed by atoms with Crippen LogP contribution in [0.4, 0.5) is 0 Å². The van der Waals surface area contributed by atoms with Crippen LogP contribution in [0, 0.1) is 5.92 Å². The molecule has 0 aromatic heterocycles. The number of rotatable bonds is 5. The maximum Gasteiger partial charge on any atom is 0.0790 e. The maximum atomic E-state index is 9.90. The van der Waals surface area contributed by atoms with Crippen molar-refractivity contribution in [2.45, 2.75) is 39.2 Å². The highest BCUT2D eigenvalue weighted by atomic mass is 35.5. The van der Waals surface area contributed by atoms with Crippen molar-refractivity contribution in [3.63, 3.8) is 0 Å². The molecule has 0 saturated heterocycles. The van der Waals surface area contributed by atoms with Crippen LogP contribution < -0.4 is 0 Å². The van der Waals surface area contributed by atoms with E-state index in [0.29, 0.717) is 10.9 Å². The van der Waals surface area contributed by atoms with E-state index in [-0.39, 0.29) is 6.10 Å². The molecule has 1 aromatic carbocycles. The summed E-state index contributed by atoms with van der Waals surface area (Å²) in [6.45, 7) is 4.40. The molecule has 0 aliphatic rings. The number of benzene rings is 1.